The Kier molecular flexibility index (Phi) is 2.99. The maximum atomic E-state index is 12.8. The summed E-state index contributed by atoms with van der Waals surface area (Å²) >= 11 is 0. The normalized spacial score (nSPS) is 15.1. The third-order valence-electron chi connectivity index (χ3n) is 3.44. The zero-order valence-electron chi connectivity index (χ0n) is 11.2. The number of pyridine rings is 1. The minimum atomic E-state index is -4.48. The minimum absolute atomic E-state index is 0.169. The molecule has 0 unspecified atom stereocenters. The number of hydrogen-bond acceptors (Lipinski definition) is 5. The highest BCUT2D eigenvalue weighted by atomic mass is 19.4. The molecule has 112 valence electrons. The SMILES string of the molecule is Cc1nc(N2CCn3c(nnc3C(F)(F)F)C2)ccc1N. The van der Waals surface area contributed by atoms with Crippen LogP contribution < -0.4 is 10.6 Å². The summed E-state index contributed by atoms with van der Waals surface area (Å²) in [6.07, 6.45) is -4.48. The van der Waals surface area contributed by atoms with Gasteiger partial charge in [0.2, 0.25) is 5.82 Å². The van der Waals surface area contributed by atoms with Crippen LogP contribution in [-0.2, 0) is 19.3 Å². The summed E-state index contributed by atoms with van der Waals surface area (Å²) in [5.74, 6) is 0.00737. The molecule has 3 heterocycles. The summed E-state index contributed by atoms with van der Waals surface area (Å²) in [6.45, 7) is 2.60. The Hall–Kier alpha value is -2.32. The number of alkyl halides is 3. The highest BCUT2D eigenvalue weighted by molar-refractivity contribution is 5.50. The van der Waals surface area contributed by atoms with Crippen molar-refractivity contribution < 1.29 is 13.2 Å². The van der Waals surface area contributed by atoms with Crippen molar-refractivity contribution in [3.05, 3.63) is 29.5 Å². The van der Waals surface area contributed by atoms with E-state index in [0.29, 0.717) is 23.7 Å². The Morgan fingerprint density at radius 1 is 1.19 bits per heavy atom. The van der Waals surface area contributed by atoms with E-state index in [1.54, 1.807) is 19.1 Å². The van der Waals surface area contributed by atoms with Crippen LogP contribution in [-0.4, -0.2) is 26.3 Å². The van der Waals surface area contributed by atoms with E-state index < -0.39 is 12.0 Å². The van der Waals surface area contributed by atoms with Crippen LogP contribution in [0.2, 0.25) is 0 Å². The Balaban J connectivity index is 1.88. The van der Waals surface area contributed by atoms with Crippen LogP contribution in [0.15, 0.2) is 12.1 Å². The average molecular weight is 298 g/mol. The van der Waals surface area contributed by atoms with Crippen molar-refractivity contribution in [2.75, 3.05) is 17.2 Å². The number of nitrogen functional groups attached to an aromatic ring is 1. The first kappa shape index (κ1) is 13.7. The molecule has 1 aliphatic heterocycles. The van der Waals surface area contributed by atoms with Crippen molar-refractivity contribution >= 4 is 11.5 Å². The van der Waals surface area contributed by atoms with Crippen molar-refractivity contribution in [1.29, 1.82) is 0 Å². The molecule has 0 atom stereocenters. The van der Waals surface area contributed by atoms with Gasteiger partial charge in [-0.15, -0.1) is 10.2 Å². The average Bonchev–Trinajstić information content (AvgIpc) is 2.84. The second-order valence-corrected chi connectivity index (χ2v) is 4.85. The van der Waals surface area contributed by atoms with Gasteiger partial charge in [-0.1, -0.05) is 0 Å². The molecule has 0 aromatic carbocycles. The zero-order valence-corrected chi connectivity index (χ0v) is 11.2. The maximum absolute atomic E-state index is 12.8. The number of nitrogens with two attached hydrogens (primary N) is 1. The summed E-state index contributed by atoms with van der Waals surface area (Å²) in [7, 11) is 0. The van der Waals surface area contributed by atoms with Crippen LogP contribution in [0.5, 0.6) is 0 Å². The minimum Gasteiger partial charge on any atom is -0.397 e. The number of aryl methyl sites for hydroxylation is 1. The topological polar surface area (TPSA) is 72.9 Å². The van der Waals surface area contributed by atoms with Crippen molar-refractivity contribution in [2.45, 2.75) is 26.2 Å². The molecular formula is C12H13F3N6. The van der Waals surface area contributed by atoms with E-state index in [2.05, 4.69) is 15.2 Å². The highest BCUT2D eigenvalue weighted by Gasteiger charge is 2.39. The van der Waals surface area contributed by atoms with Gasteiger partial charge in [0.05, 0.1) is 17.9 Å². The summed E-state index contributed by atoms with van der Waals surface area (Å²) in [5.41, 5.74) is 6.99. The second-order valence-electron chi connectivity index (χ2n) is 4.85. The number of rotatable bonds is 1. The van der Waals surface area contributed by atoms with E-state index >= 15 is 0 Å². The van der Waals surface area contributed by atoms with Crippen LogP contribution in [0.1, 0.15) is 17.3 Å². The van der Waals surface area contributed by atoms with Crippen molar-refractivity contribution in [2.24, 2.45) is 0 Å². The lowest BCUT2D eigenvalue weighted by atomic mass is 10.3. The lowest BCUT2D eigenvalue weighted by Crippen LogP contribution is -2.35. The first-order chi connectivity index (χ1) is 9.86. The summed E-state index contributed by atoms with van der Waals surface area (Å²) < 4.78 is 39.4. The fraction of sp³-hybridized carbons (Fsp3) is 0.417. The number of hydrogen-bond donors (Lipinski definition) is 1. The van der Waals surface area contributed by atoms with Crippen LogP contribution in [0.4, 0.5) is 24.7 Å². The number of halogens is 3. The molecule has 3 rings (SSSR count). The number of nitrogens with zero attached hydrogens (tertiary/aromatic N) is 5. The van der Waals surface area contributed by atoms with Crippen LogP contribution in [0, 0.1) is 6.92 Å². The molecule has 2 N–H and O–H groups in total. The molecule has 0 spiro atoms. The standard InChI is InChI=1S/C12H13F3N6/c1-7-8(16)2-3-9(17-7)20-4-5-21-10(6-20)18-19-11(21)12(13,14)15/h2-3H,4-6,16H2,1H3. The molecule has 0 saturated heterocycles. The predicted molar refractivity (Wildman–Crippen MR) is 69.5 cm³/mol. The van der Waals surface area contributed by atoms with Crippen LogP contribution in [0.25, 0.3) is 0 Å². The molecule has 21 heavy (non-hydrogen) atoms. The molecule has 0 saturated carbocycles. The van der Waals surface area contributed by atoms with Crippen LogP contribution in [0.3, 0.4) is 0 Å². The van der Waals surface area contributed by atoms with Gasteiger partial charge < -0.3 is 15.2 Å². The second kappa shape index (κ2) is 4.61. The molecular weight excluding hydrogens is 285 g/mol. The predicted octanol–water partition coefficient (Wildman–Crippen LogP) is 1.60. The van der Waals surface area contributed by atoms with Gasteiger partial charge in [0.1, 0.15) is 5.82 Å². The van der Waals surface area contributed by atoms with E-state index in [4.69, 9.17) is 5.73 Å². The van der Waals surface area contributed by atoms with Gasteiger partial charge in [-0.3, -0.25) is 0 Å². The molecule has 2 aromatic heterocycles. The first-order valence-electron chi connectivity index (χ1n) is 6.33. The molecule has 1 aliphatic rings. The van der Waals surface area contributed by atoms with Gasteiger partial charge in [-0.25, -0.2) is 4.98 Å². The van der Waals surface area contributed by atoms with E-state index in [-0.39, 0.29) is 18.9 Å². The number of fused-ring (bicyclic) bond motifs is 1. The molecule has 0 amide bonds. The molecule has 9 heteroatoms. The van der Waals surface area contributed by atoms with Gasteiger partial charge in [-0.2, -0.15) is 13.2 Å². The highest BCUT2D eigenvalue weighted by Crippen LogP contribution is 2.30. The van der Waals surface area contributed by atoms with Gasteiger partial charge in [0.25, 0.3) is 0 Å². The Morgan fingerprint density at radius 2 is 1.95 bits per heavy atom. The molecule has 6 nitrogen and oxygen atoms in total. The van der Waals surface area contributed by atoms with E-state index in [0.717, 1.165) is 4.57 Å². The maximum Gasteiger partial charge on any atom is 0.451 e. The van der Waals surface area contributed by atoms with Gasteiger partial charge in [-0.05, 0) is 19.1 Å². The van der Waals surface area contributed by atoms with Crippen molar-refractivity contribution in [3.63, 3.8) is 0 Å². The number of anilines is 2. The van der Waals surface area contributed by atoms with Crippen LogP contribution >= 0.6 is 0 Å². The first-order valence-corrected chi connectivity index (χ1v) is 6.33. The molecule has 0 bridgehead atoms. The summed E-state index contributed by atoms with van der Waals surface area (Å²) in [4.78, 5) is 6.20. The lowest BCUT2D eigenvalue weighted by molar-refractivity contribution is -0.147. The largest absolute Gasteiger partial charge is 0.451 e. The third kappa shape index (κ3) is 2.39. The lowest BCUT2D eigenvalue weighted by Gasteiger charge is -2.29. The molecule has 2 aromatic rings. The third-order valence-corrected chi connectivity index (χ3v) is 3.44. The van der Waals surface area contributed by atoms with Crippen molar-refractivity contribution in [1.82, 2.24) is 19.7 Å². The monoisotopic (exact) mass is 298 g/mol. The van der Waals surface area contributed by atoms with Crippen molar-refractivity contribution in [3.8, 4) is 0 Å². The fourth-order valence-corrected chi connectivity index (χ4v) is 2.30. The fourth-order valence-electron chi connectivity index (χ4n) is 2.30. The Morgan fingerprint density at radius 3 is 2.62 bits per heavy atom. The van der Waals surface area contributed by atoms with E-state index in [9.17, 15) is 13.2 Å². The van der Waals surface area contributed by atoms with Gasteiger partial charge >= 0.3 is 6.18 Å². The summed E-state index contributed by atoms with van der Waals surface area (Å²) in [6, 6.07) is 3.48. The van der Waals surface area contributed by atoms with Gasteiger partial charge in [0, 0.05) is 13.1 Å². The van der Waals surface area contributed by atoms with E-state index in [1.165, 1.54) is 0 Å². The van der Waals surface area contributed by atoms with E-state index in [1.807, 2.05) is 4.90 Å². The quantitative estimate of drug-likeness (QED) is 0.865. The summed E-state index contributed by atoms with van der Waals surface area (Å²) in [5, 5.41) is 6.89. The molecule has 0 radical (unpaired) electrons. The zero-order chi connectivity index (χ0) is 15.2. The smallest absolute Gasteiger partial charge is 0.397 e. The Labute approximate surface area is 118 Å². The molecule has 0 aliphatic carbocycles. The van der Waals surface area contributed by atoms with Gasteiger partial charge in [0.15, 0.2) is 5.82 Å². The Bertz CT molecular complexity index is 678. The molecule has 0 fully saturated rings. The number of aromatic nitrogens is 4.